The molecule has 2 nitrogen and oxygen atoms in total. The quantitative estimate of drug-likeness (QED) is 0.764. The van der Waals surface area contributed by atoms with Gasteiger partial charge in [-0.25, -0.2) is 0 Å². The van der Waals surface area contributed by atoms with E-state index >= 15 is 0 Å². The fraction of sp³-hybridized carbons (Fsp3) is 0.455. The van der Waals surface area contributed by atoms with Crippen molar-refractivity contribution < 1.29 is 4.74 Å². The van der Waals surface area contributed by atoms with Crippen molar-refractivity contribution >= 4 is 11.6 Å². The molecule has 0 aliphatic rings. The summed E-state index contributed by atoms with van der Waals surface area (Å²) in [4.78, 5) is 0. The van der Waals surface area contributed by atoms with Gasteiger partial charge < -0.3 is 10.5 Å². The molecule has 1 aromatic rings. The van der Waals surface area contributed by atoms with E-state index in [1.165, 1.54) is 0 Å². The number of hydrogen-bond acceptors (Lipinski definition) is 2. The molecule has 0 radical (unpaired) electrons. The summed E-state index contributed by atoms with van der Waals surface area (Å²) < 4.78 is 5.50. The first-order chi connectivity index (χ1) is 6.68. The molecule has 0 saturated carbocycles. The molecule has 78 valence electrons. The molecule has 0 spiro atoms. The zero-order valence-corrected chi connectivity index (χ0v) is 9.13. The average molecular weight is 214 g/mol. The summed E-state index contributed by atoms with van der Waals surface area (Å²) in [5, 5.41) is 0.703. The van der Waals surface area contributed by atoms with Crippen LogP contribution in [0.1, 0.15) is 19.8 Å². The monoisotopic (exact) mass is 213 g/mol. The highest BCUT2D eigenvalue weighted by Crippen LogP contribution is 2.17. The van der Waals surface area contributed by atoms with E-state index in [9.17, 15) is 0 Å². The fourth-order valence-corrected chi connectivity index (χ4v) is 1.33. The van der Waals surface area contributed by atoms with Gasteiger partial charge in [0, 0.05) is 11.1 Å². The highest BCUT2D eigenvalue weighted by Gasteiger charge is 1.96. The van der Waals surface area contributed by atoms with Gasteiger partial charge >= 0.3 is 0 Å². The Bertz CT molecular complexity index is 276. The van der Waals surface area contributed by atoms with E-state index in [0.717, 1.165) is 18.6 Å². The molecule has 0 fully saturated rings. The van der Waals surface area contributed by atoms with Crippen LogP contribution >= 0.6 is 11.6 Å². The van der Waals surface area contributed by atoms with Crippen LogP contribution in [0.4, 0.5) is 0 Å². The molecule has 3 heteroatoms. The summed E-state index contributed by atoms with van der Waals surface area (Å²) in [7, 11) is 0. The van der Waals surface area contributed by atoms with E-state index in [1.807, 2.05) is 31.2 Å². The van der Waals surface area contributed by atoms with Crippen molar-refractivity contribution in [3.8, 4) is 5.75 Å². The molecule has 1 aromatic carbocycles. The lowest BCUT2D eigenvalue weighted by Gasteiger charge is -2.07. The lowest BCUT2D eigenvalue weighted by atomic mass is 10.2. The van der Waals surface area contributed by atoms with Crippen molar-refractivity contribution in [1.82, 2.24) is 0 Å². The van der Waals surface area contributed by atoms with Gasteiger partial charge in [0.1, 0.15) is 5.75 Å². The number of ether oxygens (including phenoxy) is 1. The van der Waals surface area contributed by atoms with Crippen LogP contribution in [-0.2, 0) is 0 Å². The van der Waals surface area contributed by atoms with Crippen LogP contribution in [0.5, 0.6) is 5.75 Å². The molecule has 1 atom stereocenters. The Morgan fingerprint density at radius 3 is 2.93 bits per heavy atom. The Labute approximate surface area is 90.0 Å². The van der Waals surface area contributed by atoms with Crippen LogP contribution in [0.15, 0.2) is 24.3 Å². The SMILES string of the molecule is CC(N)CCCOc1cccc(Cl)c1. The molecular weight excluding hydrogens is 198 g/mol. The first kappa shape index (κ1) is 11.3. The standard InChI is InChI=1S/C11H16ClNO/c1-9(13)4-3-7-14-11-6-2-5-10(12)8-11/h2,5-6,8-9H,3-4,7,13H2,1H3. The van der Waals surface area contributed by atoms with E-state index in [1.54, 1.807) is 0 Å². The molecule has 0 aliphatic carbocycles. The highest BCUT2D eigenvalue weighted by atomic mass is 35.5. The van der Waals surface area contributed by atoms with Gasteiger partial charge in [-0.3, -0.25) is 0 Å². The van der Waals surface area contributed by atoms with Crippen molar-refractivity contribution in [2.45, 2.75) is 25.8 Å². The molecule has 0 bridgehead atoms. The van der Waals surface area contributed by atoms with Crippen LogP contribution in [-0.4, -0.2) is 12.6 Å². The summed E-state index contributed by atoms with van der Waals surface area (Å²) in [5.74, 6) is 0.821. The lowest BCUT2D eigenvalue weighted by Crippen LogP contribution is -2.15. The maximum atomic E-state index is 5.81. The zero-order chi connectivity index (χ0) is 10.4. The summed E-state index contributed by atoms with van der Waals surface area (Å²) >= 11 is 5.81. The number of rotatable bonds is 5. The molecule has 0 saturated heterocycles. The van der Waals surface area contributed by atoms with Crippen molar-refractivity contribution in [1.29, 1.82) is 0 Å². The van der Waals surface area contributed by atoms with Gasteiger partial charge in [0.2, 0.25) is 0 Å². The molecule has 1 unspecified atom stereocenters. The third-order valence-corrected chi connectivity index (χ3v) is 2.10. The second-order valence-corrected chi connectivity index (χ2v) is 3.86. The van der Waals surface area contributed by atoms with Gasteiger partial charge in [-0.1, -0.05) is 17.7 Å². The topological polar surface area (TPSA) is 35.2 Å². The fourth-order valence-electron chi connectivity index (χ4n) is 1.15. The summed E-state index contributed by atoms with van der Waals surface area (Å²) in [6.07, 6.45) is 1.96. The van der Waals surface area contributed by atoms with Crippen molar-refractivity contribution in [2.24, 2.45) is 5.73 Å². The van der Waals surface area contributed by atoms with Gasteiger partial charge in [-0.05, 0) is 38.0 Å². The van der Waals surface area contributed by atoms with Crippen LogP contribution < -0.4 is 10.5 Å². The predicted octanol–water partition coefficient (Wildman–Crippen LogP) is 2.85. The summed E-state index contributed by atoms with van der Waals surface area (Å²) in [6.45, 7) is 2.70. The molecule has 0 aliphatic heterocycles. The van der Waals surface area contributed by atoms with Gasteiger partial charge in [0.25, 0.3) is 0 Å². The van der Waals surface area contributed by atoms with Crippen LogP contribution in [0.2, 0.25) is 5.02 Å². The lowest BCUT2D eigenvalue weighted by molar-refractivity contribution is 0.303. The normalized spacial score (nSPS) is 12.5. The van der Waals surface area contributed by atoms with E-state index in [2.05, 4.69) is 0 Å². The Morgan fingerprint density at radius 1 is 1.50 bits per heavy atom. The van der Waals surface area contributed by atoms with Gasteiger partial charge in [-0.2, -0.15) is 0 Å². The molecular formula is C11H16ClNO. The molecule has 14 heavy (non-hydrogen) atoms. The first-order valence-corrected chi connectivity index (χ1v) is 5.20. The van der Waals surface area contributed by atoms with Crippen molar-refractivity contribution in [2.75, 3.05) is 6.61 Å². The van der Waals surface area contributed by atoms with Gasteiger partial charge in [0.05, 0.1) is 6.61 Å². The van der Waals surface area contributed by atoms with Crippen LogP contribution in [0.3, 0.4) is 0 Å². The number of benzene rings is 1. The second kappa shape index (κ2) is 5.89. The van der Waals surface area contributed by atoms with Gasteiger partial charge in [-0.15, -0.1) is 0 Å². The zero-order valence-electron chi connectivity index (χ0n) is 8.37. The third kappa shape index (κ3) is 4.49. The summed E-state index contributed by atoms with van der Waals surface area (Å²) in [6, 6.07) is 7.67. The Balaban J connectivity index is 2.25. The molecule has 0 aromatic heterocycles. The minimum Gasteiger partial charge on any atom is -0.494 e. The number of nitrogens with two attached hydrogens (primary N) is 1. The van der Waals surface area contributed by atoms with Crippen LogP contribution in [0, 0.1) is 0 Å². The smallest absolute Gasteiger partial charge is 0.120 e. The second-order valence-electron chi connectivity index (χ2n) is 3.43. The Hall–Kier alpha value is -0.730. The summed E-state index contributed by atoms with van der Waals surface area (Å²) in [5.41, 5.74) is 5.62. The van der Waals surface area contributed by atoms with Crippen molar-refractivity contribution in [3.63, 3.8) is 0 Å². The van der Waals surface area contributed by atoms with E-state index in [0.29, 0.717) is 11.6 Å². The molecule has 1 rings (SSSR count). The number of hydrogen-bond donors (Lipinski definition) is 1. The Kier molecular flexibility index (Phi) is 4.77. The largest absolute Gasteiger partial charge is 0.494 e. The van der Waals surface area contributed by atoms with E-state index in [4.69, 9.17) is 22.1 Å². The van der Waals surface area contributed by atoms with E-state index in [-0.39, 0.29) is 6.04 Å². The molecule has 0 amide bonds. The van der Waals surface area contributed by atoms with Gasteiger partial charge in [0.15, 0.2) is 0 Å². The Morgan fingerprint density at radius 2 is 2.29 bits per heavy atom. The maximum Gasteiger partial charge on any atom is 0.120 e. The first-order valence-electron chi connectivity index (χ1n) is 4.82. The minimum absolute atomic E-state index is 0.248. The molecule has 2 N–H and O–H groups in total. The van der Waals surface area contributed by atoms with E-state index < -0.39 is 0 Å². The third-order valence-electron chi connectivity index (χ3n) is 1.87. The maximum absolute atomic E-state index is 5.81. The van der Waals surface area contributed by atoms with Crippen LogP contribution in [0.25, 0.3) is 0 Å². The minimum atomic E-state index is 0.248. The molecule has 0 heterocycles. The highest BCUT2D eigenvalue weighted by molar-refractivity contribution is 6.30. The number of halogens is 1. The van der Waals surface area contributed by atoms with Crippen molar-refractivity contribution in [3.05, 3.63) is 29.3 Å². The predicted molar refractivity (Wildman–Crippen MR) is 59.8 cm³/mol. The average Bonchev–Trinajstić information content (AvgIpc) is 2.12.